The lowest BCUT2D eigenvalue weighted by molar-refractivity contribution is 0.396. The highest BCUT2D eigenvalue weighted by Gasteiger charge is 2.23. The molecule has 1 aromatic heterocycles. The van der Waals surface area contributed by atoms with Crippen LogP contribution in [0.1, 0.15) is 27.2 Å². The number of methoxy groups -OCH3 is 1. The molecule has 0 aliphatic carbocycles. The minimum atomic E-state index is 0.0196. The van der Waals surface area contributed by atoms with Crippen molar-refractivity contribution < 1.29 is 4.74 Å². The number of nitrogens with two attached hydrogens (primary N) is 1. The van der Waals surface area contributed by atoms with Crippen molar-refractivity contribution in [2.75, 3.05) is 24.8 Å². The molecule has 16 heavy (non-hydrogen) atoms. The smallest absolute Gasteiger partial charge is 0.225 e. The number of hydrogen-bond donors (Lipinski definition) is 1. The molecule has 5 nitrogen and oxygen atoms in total. The lowest BCUT2D eigenvalue weighted by Gasteiger charge is -2.35. The van der Waals surface area contributed by atoms with Gasteiger partial charge < -0.3 is 15.4 Å². The Hall–Kier alpha value is -1.52. The maximum Gasteiger partial charge on any atom is 0.225 e. The summed E-state index contributed by atoms with van der Waals surface area (Å²) < 4.78 is 5.07. The highest BCUT2D eigenvalue weighted by molar-refractivity contribution is 5.46. The van der Waals surface area contributed by atoms with E-state index in [1.165, 1.54) is 0 Å². The molecular formula is C11H20N4O. The summed E-state index contributed by atoms with van der Waals surface area (Å²) in [6, 6.07) is 1.79. The Labute approximate surface area is 96.6 Å². The Morgan fingerprint density at radius 3 is 2.56 bits per heavy atom. The Kier molecular flexibility index (Phi) is 3.57. The van der Waals surface area contributed by atoms with Crippen molar-refractivity contribution in [2.24, 2.45) is 0 Å². The lowest BCUT2D eigenvalue weighted by atomic mass is 10.0. The molecule has 0 atom stereocenters. The van der Waals surface area contributed by atoms with Gasteiger partial charge in [-0.05, 0) is 20.3 Å². The van der Waals surface area contributed by atoms with E-state index >= 15 is 0 Å². The molecule has 0 spiro atoms. The van der Waals surface area contributed by atoms with Crippen molar-refractivity contribution in [1.82, 2.24) is 9.97 Å². The summed E-state index contributed by atoms with van der Waals surface area (Å²) in [6.45, 7) is 6.44. The van der Waals surface area contributed by atoms with Gasteiger partial charge in [0, 0.05) is 18.7 Å². The summed E-state index contributed by atoms with van der Waals surface area (Å²) in [6.07, 6.45) is 1.01. The summed E-state index contributed by atoms with van der Waals surface area (Å²) in [4.78, 5) is 10.2. The third-order valence-corrected chi connectivity index (χ3v) is 3.03. The van der Waals surface area contributed by atoms with Crippen LogP contribution >= 0.6 is 0 Å². The van der Waals surface area contributed by atoms with Gasteiger partial charge in [0.25, 0.3) is 0 Å². The molecule has 2 N–H and O–H groups in total. The van der Waals surface area contributed by atoms with E-state index in [2.05, 4.69) is 35.6 Å². The van der Waals surface area contributed by atoms with Crippen molar-refractivity contribution >= 4 is 11.8 Å². The van der Waals surface area contributed by atoms with Crippen LogP contribution in [0.3, 0.4) is 0 Å². The number of anilines is 2. The Balaban J connectivity index is 3.08. The van der Waals surface area contributed by atoms with Gasteiger partial charge in [-0.2, -0.15) is 9.97 Å². The van der Waals surface area contributed by atoms with Gasteiger partial charge in [0.05, 0.1) is 7.11 Å². The zero-order chi connectivity index (χ0) is 12.3. The number of aromatic nitrogens is 2. The SMILES string of the molecule is CCC(C)(C)N(C)c1cc(OC)nc(N)n1. The van der Waals surface area contributed by atoms with Crippen LogP contribution in [0, 0.1) is 0 Å². The molecule has 0 saturated heterocycles. The van der Waals surface area contributed by atoms with Crippen molar-refractivity contribution in [3.8, 4) is 5.88 Å². The highest BCUT2D eigenvalue weighted by Crippen LogP contribution is 2.25. The van der Waals surface area contributed by atoms with Crippen LogP contribution < -0.4 is 15.4 Å². The van der Waals surface area contributed by atoms with E-state index in [1.807, 2.05) is 7.05 Å². The second-order valence-electron chi connectivity index (χ2n) is 4.35. The van der Waals surface area contributed by atoms with E-state index in [0.29, 0.717) is 5.88 Å². The van der Waals surface area contributed by atoms with Crippen LogP contribution in [0.25, 0.3) is 0 Å². The van der Waals surface area contributed by atoms with E-state index < -0.39 is 0 Å². The Morgan fingerprint density at radius 2 is 2.06 bits per heavy atom. The molecule has 0 aromatic carbocycles. The van der Waals surface area contributed by atoms with Crippen molar-refractivity contribution in [1.29, 1.82) is 0 Å². The van der Waals surface area contributed by atoms with E-state index in [9.17, 15) is 0 Å². The second kappa shape index (κ2) is 4.55. The van der Waals surface area contributed by atoms with Gasteiger partial charge in [0.1, 0.15) is 5.82 Å². The predicted octanol–water partition coefficient (Wildman–Crippen LogP) is 1.69. The normalized spacial score (nSPS) is 11.3. The number of hydrogen-bond acceptors (Lipinski definition) is 5. The third-order valence-electron chi connectivity index (χ3n) is 3.03. The first-order valence-electron chi connectivity index (χ1n) is 5.33. The van der Waals surface area contributed by atoms with Gasteiger partial charge in [-0.3, -0.25) is 0 Å². The molecule has 0 amide bonds. The molecule has 0 bridgehead atoms. The summed E-state index contributed by atoms with van der Waals surface area (Å²) >= 11 is 0. The first-order valence-corrected chi connectivity index (χ1v) is 5.33. The molecule has 0 aliphatic heterocycles. The van der Waals surface area contributed by atoms with Gasteiger partial charge >= 0.3 is 0 Å². The van der Waals surface area contributed by atoms with Crippen molar-refractivity contribution in [3.63, 3.8) is 0 Å². The molecule has 0 saturated carbocycles. The van der Waals surface area contributed by atoms with Gasteiger partial charge in [-0.1, -0.05) is 6.92 Å². The summed E-state index contributed by atoms with van der Waals surface area (Å²) in [5, 5.41) is 0. The fourth-order valence-electron chi connectivity index (χ4n) is 1.25. The minimum Gasteiger partial charge on any atom is -0.481 e. The molecule has 90 valence electrons. The quantitative estimate of drug-likeness (QED) is 0.843. The number of nitrogen functional groups attached to an aromatic ring is 1. The highest BCUT2D eigenvalue weighted by atomic mass is 16.5. The zero-order valence-corrected chi connectivity index (χ0v) is 10.6. The standard InChI is InChI=1S/C11H20N4O/c1-6-11(2,3)15(4)8-7-9(16-5)14-10(12)13-8/h7H,6H2,1-5H3,(H2,12,13,14). The predicted molar refractivity (Wildman–Crippen MR) is 65.8 cm³/mol. The van der Waals surface area contributed by atoms with Crippen LogP contribution in [0.4, 0.5) is 11.8 Å². The largest absolute Gasteiger partial charge is 0.481 e. The van der Waals surface area contributed by atoms with E-state index in [1.54, 1.807) is 13.2 Å². The first-order chi connectivity index (χ1) is 7.40. The maximum atomic E-state index is 5.63. The fourth-order valence-corrected chi connectivity index (χ4v) is 1.25. The average Bonchev–Trinajstić information content (AvgIpc) is 2.27. The third kappa shape index (κ3) is 2.53. The number of nitrogens with zero attached hydrogens (tertiary/aromatic N) is 3. The van der Waals surface area contributed by atoms with Crippen LogP contribution in [0.5, 0.6) is 5.88 Å². The number of rotatable bonds is 4. The maximum absolute atomic E-state index is 5.63. The van der Waals surface area contributed by atoms with Gasteiger partial charge in [-0.15, -0.1) is 0 Å². The van der Waals surface area contributed by atoms with Gasteiger partial charge in [0.2, 0.25) is 11.8 Å². The molecule has 5 heteroatoms. The summed E-state index contributed by atoms with van der Waals surface area (Å²) in [5.74, 6) is 1.49. The summed E-state index contributed by atoms with van der Waals surface area (Å²) in [5.41, 5.74) is 5.65. The molecule has 1 rings (SSSR count). The first kappa shape index (κ1) is 12.5. The minimum absolute atomic E-state index is 0.0196. The van der Waals surface area contributed by atoms with E-state index in [4.69, 9.17) is 10.5 Å². The second-order valence-corrected chi connectivity index (χ2v) is 4.35. The molecular weight excluding hydrogens is 204 g/mol. The molecule has 0 radical (unpaired) electrons. The van der Waals surface area contributed by atoms with Crippen LogP contribution in [-0.2, 0) is 0 Å². The average molecular weight is 224 g/mol. The Morgan fingerprint density at radius 1 is 1.44 bits per heavy atom. The topological polar surface area (TPSA) is 64.3 Å². The van der Waals surface area contributed by atoms with Crippen LogP contribution in [-0.4, -0.2) is 29.7 Å². The molecule has 0 unspecified atom stereocenters. The van der Waals surface area contributed by atoms with E-state index in [0.717, 1.165) is 12.2 Å². The molecule has 1 aromatic rings. The van der Waals surface area contributed by atoms with Gasteiger partial charge in [0.15, 0.2) is 0 Å². The van der Waals surface area contributed by atoms with Gasteiger partial charge in [-0.25, -0.2) is 0 Å². The van der Waals surface area contributed by atoms with Crippen LogP contribution in [0.2, 0.25) is 0 Å². The molecule has 1 heterocycles. The monoisotopic (exact) mass is 224 g/mol. The van der Waals surface area contributed by atoms with E-state index in [-0.39, 0.29) is 11.5 Å². The van der Waals surface area contributed by atoms with Crippen LogP contribution in [0.15, 0.2) is 6.07 Å². The molecule has 0 aliphatic rings. The van der Waals surface area contributed by atoms with Crippen molar-refractivity contribution in [2.45, 2.75) is 32.7 Å². The number of ether oxygens (including phenoxy) is 1. The van der Waals surface area contributed by atoms with Crippen molar-refractivity contribution in [3.05, 3.63) is 6.07 Å². The Bertz CT molecular complexity index is 365. The lowest BCUT2D eigenvalue weighted by Crippen LogP contribution is -2.41. The molecule has 0 fully saturated rings. The fraction of sp³-hybridized carbons (Fsp3) is 0.636. The zero-order valence-electron chi connectivity index (χ0n) is 10.6. The summed E-state index contributed by atoms with van der Waals surface area (Å²) in [7, 11) is 3.56.